The number of rotatable bonds is 5. The molecule has 1 rings (SSSR count). The van der Waals surface area contributed by atoms with E-state index < -0.39 is 18.1 Å². The minimum Gasteiger partial charge on any atom is -0.508 e. The number of carbonyl (C=O) groups is 1. The van der Waals surface area contributed by atoms with Gasteiger partial charge in [0, 0.05) is 12.5 Å². The van der Waals surface area contributed by atoms with Crippen molar-refractivity contribution in [2.45, 2.75) is 26.1 Å². The van der Waals surface area contributed by atoms with E-state index in [1.165, 1.54) is 6.07 Å². The van der Waals surface area contributed by atoms with Crippen molar-refractivity contribution in [2.75, 3.05) is 6.61 Å². The van der Waals surface area contributed by atoms with Gasteiger partial charge >= 0.3 is 12.3 Å². The highest BCUT2D eigenvalue weighted by atomic mass is 19.4. The molecule has 0 amide bonds. The fraction of sp³-hybridized carbons (Fsp3) is 0.417. The summed E-state index contributed by atoms with van der Waals surface area (Å²) in [4.78, 5) is 11.1. The summed E-state index contributed by atoms with van der Waals surface area (Å²) in [5.74, 6) is -1.34. The number of aryl methyl sites for hydroxylation is 1. The standard InChI is InChI=1S/C12H13F3O4/c1-2-18-11(17)4-3-8-5-9(16)7-10(6-8)19-12(13,14)15/h5-7,16H,2-4H2,1H3. The highest BCUT2D eigenvalue weighted by molar-refractivity contribution is 5.69. The molecule has 0 spiro atoms. The summed E-state index contributed by atoms with van der Waals surface area (Å²) in [6.45, 7) is 1.89. The van der Waals surface area contributed by atoms with Gasteiger partial charge in [0.2, 0.25) is 0 Å². The third kappa shape index (κ3) is 5.98. The predicted octanol–water partition coefficient (Wildman–Crippen LogP) is 2.79. The van der Waals surface area contributed by atoms with Gasteiger partial charge in [-0.05, 0) is 31.0 Å². The molecule has 0 heterocycles. The second kappa shape index (κ2) is 6.31. The normalized spacial score (nSPS) is 11.2. The number of halogens is 3. The molecule has 0 bridgehead atoms. The van der Waals surface area contributed by atoms with E-state index in [1.807, 2.05) is 0 Å². The van der Waals surface area contributed by atoms with E-state index in [4.69, 9.17) is 4.74 Å². The first-order valence-corrected chi connectivity index (χ1v) is 5.54. The number of esters is 1. The minimum absolute atomic E-state index is 0.0166. The van der Waals surface area contributed by atoms with Gasteiger partial charge in [0.25, 0.3) is 0 Å². The van der Waals surface area contributed by atoms with Crippen molar-refractivity contribution < 1.29 is 32.5 Å². The van der Waals surface area contributed by atoms with E-state index in [1.54, 1.807) is 6.92 Å². The Hall–Kier alpha value is -1.92. The number of phenols is 1. The molecule has 0 fully saturated rings. The molecular weight excluding hydrogens is 265 g/mol. The lowest BCUT2D eigenvalue weighted by molar-refractivity contribution is -0.274. The van der Waals surface area contributed by atoms with Crippen LogP contribution in [0.15, 0.2) is 18.2 Å². The summed E-state index contributed by atoms with van der Waals surface area (Å²) in [5, 5.41) is 9.30. The van der Waals surface area contributed by atoms with Gasteiger partial charge in [-0.3, -0.25) is 4.79 Å². The molecule has 7 heteroatoms. The average Bonchev–Trinajstić information content (AvgIpc) is 2.23. The molecule has 0 aromatic heterocycles. The van der Waals surface area contributed by atoms with Crippen molar-refractivity contribution in [2.24, 2.45) is 0 Å². The first kappa shape index (κ1) is 15.1. The zero-order valence-electron chi connectivity index (χ0n) is 10.2. The fourth-order valence-corrected chi connectivity index (χ4v) is 1.46. The summed E-state index contributed by atoms with van der Waals surface area (Å²) in [7, 11) is 0. The Morgan fingerprint density at radius 3 is 2.58 bits per heavy atom. The van der Waals surface area contributed by atoms with Gasteiger partial charge in [0.05, 0.1) is 6.61 Å². The third-order valence-corrected chi connectivity index (χ3v) is 2.11. The molecule has 0 aliphatic carbocycles. The maximum Gasteiger partial charge on any atom is 0.573 e. The number of hydrogen-bond acceptors (Lipinski definition) is 4. The van der Waals surface area contributed by atoms with Crippen LogP contribution in [0.2, 0.25) is 0 Å². The molecule has 1 N–H and O–H groups in total. The van der Waals surface area contributed by atoms with Crippen LogP contribution in [0.5, 0.6) is 11.5 Å². The molecule has 1 aromatic rings. The van der Waals surface area contributed by atoms with Crippen LogP contribution in [-0.2, 0) is 16.0 Å². The molecule has 0 saturated heterocycles. The van der Waals surface area contributed by atoms with Crippen LogP contribution in [0.1, 0.15) is 18.9 Å². The van der Waals surface area contributed by atoms with Crippen LogP contribution in [0.25, 0.3) is 0 Å². The predicted molar refractivity (Wildman–Crippen MR) is 59.7 cm³/mol. The molecule has 0 atom stereocenters. The minimum atomic E-state index is -4.83. The molecule has 106 valence electrons. The second-order valence-electron chi connectivity index (χ2n) is 3.69. The van der Waals surface area contributed by atoms with Crippen molar-refractivity contribution in [1.29, 1.82) is 0 Å². The zero-order chi connectivity index (χ0) is 14.5. The number of hydrogen-bond donors (Lipinski definition) is 1. The Bertz CT molecular complexity index is 443. The number of benzene rings is 1. The lowest BCUT2D eigenvalue weighted by Crippen LogP contribution is -2.17. The van der Waals surface area contributed by atoms with Gasteiger partial charge in [0.15, 0.2) is 0 Å². The molecule has 0 unspecified atom stereocenters. The maximum atomic E-state index is 12.0. The van der Waals surface area contributed by atoms with Crippen LogP contribution >= 0.6 is 0 Å². The summed E-state index contributed by atoms with van der Waals surface area (Å²) in [5.41, 5.74) is 0.354. The first-order valence-electron chi connectivity index (χ1n) is 5.54. The molecule has 0 aliphatic heterocycles. The van der Waals surface area contributed by atoms with Crippen molar-refractivity contribution in [3.63, 3.8) is 0 Å². The zero-order valence-corrected chi connectivity index (χ0v) is 10.2. The quantitative estimate of drug-likeness (QED) is 0.841. The van der Waals surface area contributed by atoms with Gasteiger partial charge in [-0.1, -0.05) is 0 Å². The van der Waals surface area contributed by atoms with Crippen molar-refractivity contribution in [3.8, 4) is 11.5 Å². The number of ether oxygens (including phenoxy) is 2. The van der Waals surface area contributed by atoms with Crippen molar-refractivity contribution in [1.82, 2.24) is 0 Å². The van der Waals surface area contributed by atoms with Crippen LogP contribution in [0, 0.1) is 0 Å². The van der Waals surface area contributed by atoms with Gasteiger partial charge < -0.3 is 14.6 Å². The average molecular weight is 278 g/mol. The Kier molecular flexibility index (Phi) is 5.02. The second-order valence-corrected chi connectivity index (χ2v) is 3.69. The molecule has 0 radical (unpaired) electrons. The van der Waals surface area contributed by atoms with Crippen LogP contribution < -0.4 is 4.74 Å². The number of carbonyl (C=O) groups excluding carboxylic acids is 1. The summed E-state index contributed by atoms with van der Waals surface area (Å²) in [6.07, 6.45) is -4.66. The lowest BCUT2D eigenvalue weighted by Gasteiger charge is -2.10. The molecule has 1 aromatic carbocycles. The van der Waals surface area contributed by atoms with Crippen molar-refractivity contribution in [3.05, 3.63) is 23.8 Å². The van der Waals surface area contributed by atoms with Gasteiger partial charge in [-0.15, -0.1) is 13.2 Å². The van der Waals surface area contributed by atoms with E-state index >= 15 is 0 Å². The molecule has 4 nitrogen and oxygen atoms in total. The van der Waals surface area contributed by atoms with Gasteiger partial charge in [-0.25, -0.2) is 0 Å². The smallest absolute Gasteiger partial charge is 0.508 e. The number of phenolic OH excluding ortho intramolecular Hbond substituents is 1. The molecule has 0 aliphatic rings. The molecular formula is C12H13F3O4. The van der Waals surface area contributed by atoms with Crippen LogP contribution in [-0.4, -0.2) is 24.0 Å². The molecule has 19 heavy (non-hydrogen) atoms. The maximum absolute atomic E-state index is 12.0. The van der Waals surface area contributed by atoms with Crippen LogP contribution in [0.3, 0.4) is 0 Å². The van der Waals surface area contributed by atoms with Crippen LogP contribution in [0.4, 0.5) is 13.2 Å². The van der Waals surface area contributed by atoms with E-state index in [0.717, 1.165) is 12.1 Å². The van der Waals surface area contributed by atoms with Gasteiger partial charge in [-0.2, -0.15) is 0 Å². The highest BCUT2D eigenvalue weighted by Crippen LogP contribution is 2.28. The van der Waals surface area contributed by atoms with Gasteiger partial charge in [0.1, 0.15) is 11.5 Å². The Morgan fingerprint density at radius 1 is 1.32 bits per heavy atom. The van der Waals surface area contributed by atoms with E-state index in [2.05, 4.69) is 4.74 Å². The third-order valence-electron chi connectivity index (χ3n) is 2.11. The summed E-state index contributed by atoms with van der Waals surface area (Å²) in [6, 6.07) is 3.23. The number of aromatic hydroxyl groups is 1. The monoisotopic (exact) mass is 278 g/mol. The van der Waals surface area contributed by atoms with E-state index in [9.17, 15) is 23.1 Å². The van der Waals surface area contributed by atoms with E-state index in [0.29, 0.717) is 5.56 Å². The number of alkyl halides is 3. The summed E-state index contributed by atoms with van der Waals surface area (Å²) < 4.78 is 44.5. The Labute approximate surface area is 107 Å². The fourth-order valence-electron chi connectivity index (χ4n) is 1.46. The van der Waals surface area contributed by atoms with Crippen molar-refractivity contribution >= 4 is 5.97 Å². The molecule has 0 saturated carbocycles. The van der Waals surface area contributed by atoms with E-state index in [-0.39, 0.29) is 25.2 Å². The lowest BCUT2D eigenvalue weighted by atomic mass is 10.1. The largest absolute Gasteiger partial charge is 0.573 e. The SMILES string of the molecule is CCOC(=O)CCc1cc(O)cc(OC(F)(F)F)c1. The Balaban J connectivity index is 2.71. The first-order chi connectivity index (χ1) is 8.80. The summed E-state index contributed by atoms with van der Waals surface area (Å²) >= 11 is 0. The Morgan fingerprint density at radius 2 is 2.00 bits per heavy atom. The topological polar surface area (TPSA) is 55.8 Å². The highest BCUT2D eigenvalue weighted by Gasteiger charge is 2.31.